The molecule has 2 heterocycles. The third-order valence-corrected chi connectivity index (χ3v) is 3.58. The second-order valence-electron chi connectivity index (χ2n) is 3.56. The second kappa shape index (κ2) is 4.22. The number of nitrogens with zero attached hydrogens (tertiary/aromatic N) is 3. The van der Waals surface area contributed by atoms with E-state index in [1.165, 1.54) is 37.0 Å². The Morgan fingerprint density at radius 2 is 2.15 bits per heavy atom. The lowest BCUT2D eigenvalue weighted by molar-refractivity contribution is 0.385. The van der Waals surface area contributed by atoms with Crippen molar-refractivity contribution < 1.29 is 0 Å². The van der Waals surface area contributed by atoms with Crippen molar-refractivity contribution in [1.82, 2.24) is 9.80 Å². The number of thioether (sulfide) groups is 1. The van der Waals surface area contributed by atoms with Crippen molar-refractivity contribution in [3.63, 3.8) is 0 Å². The fourth-order valence-electron chi connectivity index (χ4n) is 1.81. The van der Waals surface area contributed by atoms with Gasteiger partial charge in [-0.15, -0.1) is 0 Å². The molecule has 0 saturated carbocycles. The molecule has 1 saturated heterocycles. The summed E-state index contributed by atoms with van der Waals surface area (Å²) in [6, 6.07) is 0. The van der Waals surface area contributed by atoms with Gasteiger partial charge in [0.15, 0.2) is 5.96 Å². The van der Waals surface area contributed by atoms with Gasteiger partial charge in [0, 0.05) is 32.4 Å². The Balaban J connectivity index is 1.97. The van der Waals surface area contributed by atoms with Gasteiger partial charge in [-0.2, -0.15) is 11.8 Å². The Hall–Kier alpha value is -0.380. The summed E-state index contributed by atoms with van der Waals surface area (Å²) in [4.78, 5) is 9.25. The molecule has 0 aromatic rings. The van der Waals surface area contributed by atoms with Gasteiger partial charge in [-0.3, -0.25) is 4.99 Å². The van der Waals surface area contributed by atoms with Gasteiger partial charge in [-0.05, 0) is 12.2 Å². The van der Waals surface area contributed by atoms with E-state index in [9.17, 15) is 0 Å². The van der Waals surface area contributed by atoms with E-state index < -0.39 is 0 Å². The van der Waals surface area contributed by atoms with Crippen LogP contribution >= 0.6 is 11.8 Å². The van der Waals surface area contributed by atoms with Gasteiger partial charge in [0.05, 0.1) is 6.54 Å². The summed E-state index contributed by atoms with van der Waals surface area (Å²) in [5, 5.41) is 0. The summed E-state index contributed by atoms with van der Waals surface area (Å²) < 4.78 is 0. The summed E-state index contributed by atoms with van der Waals surface area (Å²) in [5.74, 6) is 3.79. The van der Waals surface area contributed by atoms with Gasteiger partial charge < -0.3 is 9.80 Å². The highest BCUT2D eigenvalue weighted by molar-refractivity contribution is 7.99. The third-order valence-electron chi connectivity index (χ3n) is 2.54. The maximum atomic E-state index is 4.54. The molecule has 3 nitrogen and oxygen atoms in total. The van der Waals surface area contributed by atoms with Gasteiger partial charge in [-0.1, -0.05) is 0 Å². The zero-order valence-electron chi connectivity index (χ0n) is 8.20. The lowest BCUT2D eigenvalue weighted by Gasteiger charge is -2.26. The lowest BCUT2D eigenvalue weighted by Crippen LogP contribution is -2.41. The van der Waals surface area contributed by atoms with Crippen molar-refractivity contribution in [3.05, 3.63) is 0 Å². The average Bonchev–Trinajstić information content (AvgIpc) is 2.43. The maximum absolute atomic E-state index is 4.54. The van der Waals surface area contributed by atoms with Gasteiger partial charge in [0.2, 0.25) is 0 Å². The van der Waals surface area contributed by atoms with Crippen LogP contribution in [0, 0.1) is 0 Å². The minimum Gasteiger partial charge on any atom is -0.344 e. The highest BCUT2D eigenvalue weighted by Gasteiger charge is 2.20. The van der Waals surface area contributed by atoms with Crippen molar-refractivity contribution in [2.45, 2.75) is 6.42 Å². The Bertz CT molecular complexity index is 197. The number of likely N-dealkylation sites (N-methyl/N-ethyl adjacent to an activating group) is 1. The Morgan fingerprint density at radius 1 is 1.23 bits per heavy atom. The first-order valence-electron chi connectivity index (χ1n) is 4.96. The molecule has 2 aliphatic rings. The van der Waals surface area contributed by atoms with Crippen LogP contribution in [0.15, 0.2) is 4.99 Å². The summed E-state index contributed by atoms with van der Waals surface area (Å²) in [5.41, 5.74) is 0. The normalized spacial score (nSPS) is 24.5. The molecule has 0 aromatic carbocycles. The van der Waals surface area contributed by atoms with Crippen molar-refractivity contribution in [2.24, 2.45) is 4.99 Å². The van der Waals surface area contributed by atoms with E-state index in [-0.39, 0.29) is 0 Å². The molecule has 4 heteroatoms. The van der Waals surface area contributed by atoms with Crippen LogP contribution in [-0.4, -0.2) is 60.5 Å². The van der Waals surface area contributed by atoms with Crippen LogP contribution in [0.5, 0.6) is 0 Å². The Labute approximate surface area is 84.2 Å². The van der Waals surface area contributed by atoms with Crippen molar-refractivity contribution in [1.29, 1.82) is 0 Å². The van der Waals surface area contributed by atoms with Gasteiger partial charge in [0.25, 0.3) is 0 Å². The van der Waals surface area contributed by atoms with E-state index in [4.69, 9.17) is 0 Å². The molecule has 1 fully saturated rings. The second-order valence-corrected chi connectivity index (χ2v) is 4.78. The molecule has 0 aliphatic carbocycles. The first kappa shape index (κ1) is 9.19. The van der Waals surface area contributed by atoms with E-state index in [1.807, 2.05) is 0 Å². The molecule has 0 atom stereocenters. The SMILES string of the molecule is CN1CCN=C1N1CCCSCC1. The highest BCUT2D eigenvalue weighted by atomic mass is 32.2. The molecule has 0 radical (unpaired) electrons. The van der Waals surface area contributed by atoms with E-state index >= 15 is 0 Å². The van der Waals surface area contributed by atoms with E-state index in [1.54, 1.807) is 0 Å². The van der Waals surface area contributed by atoms with Crippen molar-refractivity contribution in [2.75, 3.05) is 44.7 Å². The molecular formula is C9H17N3S. The summed E-state index contributed by atoms with van der Waals surface area (Å²) in [6.07, 6.45) is 1.30. The van der Waals surface area contributed by atoms with E-state index in [0.717, 1.165) is 13.1 Å². The molecule has 0 unspecified atom stereocenters. The molecule has 0 N–H and O–H groups in total. The first-order valence-corrected chi connectivity index (χ1v) is 6.11. The zero-order chi connectivity index (χ0) is 9.10. The average molecular weight is 199 g/mol. The van der Waals surface area contributed by atoms with Crippen LogP contribution in [0.1, 0.15) is 6.42 Å². The molecule has 0 amide bonds. The van der Waals surface area contributed by atoms with Crippen molar-refractivity contribution in [3.8, 4) is 0 Å². The fraction of sp³-hybridized carbons (Fsp3) is 0.889. The van der Waals surface area contributed by atoms with Gasteiger partial charge >= 0.3 is 0 Å². The number of hydrogen-bond acceptors (Lipinski definition) is 4. The number of rotatable bonds is 0. The smallest absolute Gasteiger partial charge is 0.196 e. The van der Waals surface area contributed by atoms with Crippen molar-refractivity contribution >= 4 is 17.7 Å². The van der Waals surface area contributed by atoms with Gasteiger partial charge in [0.1, 0.15) is 0 Å². The number of hydrogen-bond donors (Lipinski definition) is 0. The minimum absolute atomic E-state index is 0.982. The monoisotopic (exact) mass is 199 g/mol. The molecule has 2 rings (SSSR count). The molecule has 2 aliphatic heterocycles. The molecule has 0 spiro atoms. The Morgan fingerprint density at radius 3 is 2.92 bits per heavy atom. The van der Waals surface area contributed by atoms with E-state index in [0.29, 0.717) is 0 Å². The summed E-state index contributed by atoms with van der Waals surface area (Å²) in [6.45, 7) is 4.44. The molecule has 0 aromatic heterocycles. The van der Waals surface area contributed by atoms with E-state index in [2.05, 4.69) is 33.6 Å². The van der Waals surface area contributed by atoms with Crippen LogP contribution < -0.4 is 0 Å². The molecule has 0 bridgehead atoms. The minimum atomic E-state index is 0.982. The van der Waals surface area contributed by atoms with Crippen LogP contribution in [-0.2, 0) is 0 Å². The summed E-state index contributed by atoms with van der Waals surface area (Å²) >= 11 is 2.06. The predicted octanol–water partition coefficient (Wildman–Crippen LogP) is 0.727. The molecule has 74 valence electrons. The van der Waals surface area contributed by atoms with Crippen LogP contribution in [0.4, 0.5) is 0 Å². The largest absolute Gasteiger partial charge is 0.344 e. The first-order chi connectivity index (χ1) is 6.38. The topological polar surface area (TPSA) is 18.8 Å². The number of guanidine groups is 1. The van der Waals surface area contributed by atoms with Crippen LogP contribution in [0.2, 0.25) is 0 Å². The molecule has 13 heavy (non-hydrogen) atoms. The number of aliphatic imine (C=N–C) groups is 1. The zero-order valence-corrected chi connectivity index (χ0v) is 9.02. The standard InChI is InChI=1S/C9H17N3S/c1-11-5-3-10-9(11)12-4-2-7-13-8-6-12/h2-8H2,1H3. The van der Waals surface area contributed by atoms with Crippen LogP contribution in [0.3, 0.4) is 0 Å². The molecular weight excluding hydrogens is 182 g/mol. The third kappa shape index (κ3) is 2.10. The van der Waals surface area contributed by atoms with Crippen LogP contribution in [0.25, 0.3) is 0 Å². The fourth-order valence-corrected chi connectivity index (χ4v) is 2.70. The Kier molecular flexibility index (Phi) is 2.98. The highest BCUT2D eigenvalue weighted by Crippen LogP contribution is 2.13. The lowest BCUT2D eigenvalue weighted by atomic mass is 10.4. The quantitative estimate of drug-likeness (QED) is 0.573. The van der Waals surface area contributed by atoms with Gasteiger partial charge in [-0.25, -0.2) is 0 Å². The predicted molar refractivity (Wildman–Crippen MR) is 58.4 cm³/mol. The summed E-state index contributed by atoms with van der Waals surface area (Å²) in [7, 11) is 2.14. The maximum Gasteiger partial charge on any atom is 0.196 e.